The molecule has 0 radical (unpaired) electrons. The lowest BCUT2D eigenvalue weighted by Gasteiger charge is -2.13. The minimum absolute atomic E-state index is 0.287. The Morgan fingerprint density at radius 1 is 1.32 bits per heavy atom. The van der Waals surface area contributed by atoms with Gasteiger partial charge in [-0.25, -0.2) is 9.59 Å². The van der Waals surface area contributed by atoms with Crippen molar-refractivity contribution in [3.8, 4) is 0 Å². The summed E-state index contributed by atoms with van der Waals surface area (Å²) in [5, 5.41) is 8.77. The van der Waals surface area contributed by atoms with E-state index in [1.165, 1.54) is 0 Å². The van der Waals surface area contributed by atoms with Gasteiger partial charge >= 0.3 is 11.9 Å². The van der Waals surface area contributed by atoms with Crippen LogP contribution in [0.4, 0.5) is 0 Å². The van der Waals surface area contributed by atoms with E-state index >= 15 is 0 Å². The lowest BCUT2D eigenvalue weighted by molar-refractivity contribution is -0.139. The van der Waals surface area contributed by atoms with Crippen LogP contribution in [0.2, 0.25) is 0 Å². The fourth-order valence-electron chi connectivity index (χ4n) is 1.47. The first-order valence-electron chi connectivity index (χ1n) is 6.09. The third-order valence-corrected chi connectivity index (χ3v) is 2.54. The van der Waals surface area contributed by atoms with Crippen LogP contribution in [0.25, 0.3) is 0 Å². The highest BCUT2D eigenvalue weighted by Crippen LogP contribution is 2.19. The maximum atomic E-state index is 11.1. The summed E-state index contributed by atoms with van der Waals surface area (Å²) in [6.45, 7) is 5.80. The van der Waals surface area contributed by atoms with Crippen molar-refractivity contribution in [1.29, 1.82) is 0 Å². The van der Waals surface area contributed by atoms with Gasteiger partial charge in [-0.1, -0.05) is 6.58 Å². The molecule has 5 heteroatoms. The predicted octanol–water partition coefficient (Wildman–Crippen LogP) is 2.20. The number of rotatable bonds is 7. The van der Waals surface area contributed by atoms with Gasteiger partial charge in [0, 0.05) is 24.0 Å². The fraction of sp³-hybridized carbons (Fsp3) is 0.429. The van der Waals surface area contributed by atoms with Gasteiger partial charge in [0.2, 0.25) is 0 Å². The van der Waals surface area contributed by atoms with E-state index in [9.17, 15) is 9.59 Å². The summed E-state index contributed by atoms with van der Waals surface area (Å²) >= 11 is 0. The number of carbonyl (C=O) groups is 2. The zero-order valence-corrected chi connectivity index (χ0v) is 11.0. The number of allylic oxidation sites excluding steroid dienone is 3. The SMILES string of the molecule is C=C(C)C(=O)OCCCOC1=CC=C(C(=O)O)CC1. The van der Waals surface area contributed by atoms with E-state index in [-0.39, 0.29) is 6.61 Å². The number of carboxylic acids is 1. The van der Waals surface area contributed by atoms with Crippen molar-refractivity contribution in [2.45, 2.75) is 26.2 Å². The molecule has 0 aromatic heterocycles. The van der Waals surface area contributed by atoms with Gasteiger partial charge in [0.25, 0.3) is 0 Å². The van der Waals surface area contributed by atoms with E-state index in [0.717, 1.165) is 5.76 Å². The number of esters is 1. The molecule has 0 heterocycles. The first-order chi connectivity index (χ1) is 9.00. The molecule has 0 amide bonds. The van der Waals surface area contributed by atoms with Crippen molar-refractivity contribution >= 4 is 11.9 Å². The quantitative estimate of drug-likeness (QED) is 0.434. The summed E-state index contributed by atoms with van der Waals surface area (Å²) in [6, 6.07) is 0. The molecule has 0 atom stereocenters. The summed E-state index contributed by atoms with van der Waals surface area (Å²) < 4.78 is 10.4. The Bertz CT molecular complexity index is 431. The van der Waals surface area contributed by atoms with Crippen molar-refractivity contribution in [2.24, 2.45) is 0 Å². The van der Waals surface area contributed by atoms with Gasteiger partial charge in [0.1, 0.15) is 0 Å². The van der Waals surface area contributed by atoms with Gasteiger partial charge in [-0.05, 0) is 25.5 Å². The van der Waals surface area contributed by atoms with E-state index in [2.05, 4.69) is 6.58 Å². The normalized spacial score (nSPS) is 14.2. The van der Waals surface area contributed by atoms with E-state index in [0.29, 0.717) is 37.0 Å². The molecule has 0 saturated heterocycles. The van der Waals surface area contributed by atoms with E-state index < -0.39 is 11.9 Å². The molecule has 0 fully saturated rings. The smallest absolute Gasteiger partial charge is 0.333 e. The van der Waals surface area contributed by atoms with Crippen molar-refractivity contribution in [1.82, 2.24) is 0 Å². The largest absolute Gasteiger partial charge is 0.498 e. The standard InChI is InChI=1S/C14H18O5/c1-10(2)14(17)19-9-3-8-18-12-6-4-11(5-7-12)13(15)16/h4,6H,1,3,5,7-9H2,2H3,(H,15,16). The molecule has 0 spiro atoms. The first-order valence-corrected chi connectivity index (χ1v) is 6.09. The Hall–Kier alpha value is -2.04. The number of aliphatic carboxylic acids is 1. The van der Waals surface area contributed by atoms with Crippen LogP contribution >= 0.6 is 0 Å². The van der Waals surface area contributed by atoms with Gasteiger partial charge < -0.3 is 14.6 Å². The molecule has 104 valence electrons. The van der Waals surface area contributed by atoms with Gasteiger partial charge in [0.05, 0.1) is 19.0 Å². The molecule has 0 unspecified atom stereocenters. The van der Waals surface area contributed by atoms with Crippen molar-refractivity contribution < 1.29 is 24.2 Å². The van der Waals surface area contributed by atoms with Crippen LogP contribution in [0.5, 0.6) is 0 Å². The average Bonchev–Trinajstić information content (AvgIpc) is 2.38. The lowest BCUT2D eigenvalue weighted by Crippen LogP contribution is -2.09. The highest BCUT2D eigenvalue weighted by Gasteiger charge is 2.12. The summed E-state index contributed by atoms with van der Waals surface area (Å²) in [5.74, 6) is -0.524. The maximum Gasteiger partial charge on any atom is 0.333 e. The highest BCUT2D eigenvalue weighted by molar-refractivity contribution is 5.87. The van der Waals surface area contributed by atoms with Crippen molar-refractivity contribution in [3.63, 3.8) is 0 Å². The number of carboxylic acid groups (broad SMARTS) is 1. The molecule has 1 aliphatic carbocycles. The molecule has 0 saturated carbocycles. The van der Waals surface area contributed by atoms with Crippen molar-refractivity contribution in [3.05, 3.63) is 35.6 Å². The van der Waals surface area contributed by atoms with Crippen molar-refractivity contribution in [2.75, 3.05) is 13.2 Å². The topological polar surface area (TPSA) is 72.8 Å². The minimum Gasteiger partial charge on any atom is -0.498 e. The second-order valence-corrected chi connectivity index (χ2v) is 4.25. The maximum absolute atomic E-state index is 11.1. The second-order valence-electron chi connectivity index (χ2n) is 4.25. The lowest BCUT2D eigenvalue weighted by atomic mass is 10.0. The second kappa shape index (κ2) is 7.41. The minimum atomic E-state index is -0.887. The summed E-state index contributed by atoms with van der Waals surface area (Å²) in [4.78, 5) is 21.8. The molecule has 0 bridgehead atoms. The monoisotopic (exact) mass is 266 g/mol. The van der Waals surface area contributed by atoms with Crippen LogP contribution in [0.3, 0.4) is 0 Å². The molecule has 0 aromatic carbocycles. The molecule has 1 N–H and O–H groups in total. The highest BCUT2D eigenvalue weighted by atomic mass is 16.5. The predicted molar refractivity (Wildman–Crippen MR) is 69.4 cm³/mol. The van der Waals surface area contributed by atoms with Gasteiger partial charge in [-0.2, -0.15) is 0 Å². The summed E-state index contributed by atoms with van der Waals surface area (Å²) in [5.41, 5.74) is 0.769. The van der Waals surface area contributed by atoms with Crippen LogP contribution in [0, 0.1) is 0 Å². The molecule has 5 nitrogen and oxygen atoms in total. The Balaban J connectivity index is 2.19. The third-order valence-electron chi connectivity index (χ3n) is 2.54. The van der Waals surface area contributed by atoms with Crippen LogP contribution in [0.15, 0.2) is 35.6 Å². The van der Waals surface area contributed by atoms with Crippen LogP contribution < -0.4 is 0 Å². The first kappa shape index (κ1) is 15.0. The fourth-order valence-corrected chi connectivity index (χ4v) is 1.47. The Labute approximate surface area is 112 Å². The van der Waals surface area contributed by atoms with Crippen LogP contribution in [-0.4, -0.2) is 30.3 Å². The molecule has 0 aliphatic heterocycles. The molecule has 1 rings (SSSR count). The number of hydrogen-bond acceptors (Lipinski definition) is 4. The number of carbonyl (C=O) groups excluding carboxylic acids is 1. The Morgan fingerprint density at radius 2 is 2.05 bits per heavy atom. The van der Waals surface area contributed by atoms with Crippen LogP contribution in [0.1, 0.15) is 26.2 Å². The number of ether oxygens (including phenoxy) is 2. The van der Waals surface area contributed by atoms with Gasteiger partial charge in [-0.15, -0.1) is 0 Å². The Kier molecular flexibility index (Phi) is 5.85. The third kappa shape index (κ3) is 5.42. The number of hydrogen-bond donors (Lipinski definition) is 1. The zero-order chi connectivity index (χ0) is 14.3. The van der Waals surface area contributed by atoms with E-state index in [4.69, 9.17) is 14.6 Å². The van der Waals surface area contributed by atoms with E-state index in [1.54, 1.807) is 19.1 Å². The van der Waals surface area contributed by atoms with Crippen LogP contribution in [-0.2, 0) is 19.1 Å². The van der Waals surface area contributed by atoms with Gasteiger partial charge in [-0.3, -0.25) is 0 Å². The average molecular weight is 266 g/mol. The Morgan fingerprint density at radius 3 is 2.58 bits per heavy atom. The summed E-state index contributed by atoms with van der Waals surface area (Å²) in [6.07, 6.45) is 4.89. The molecular formula is C14H18O5. The van der Waals surface area contributed by atoms with E-state index in [1.807, 2.05) is 0 Å². The molecular weight excluding hydrogens is 248 g/mol. The molecule has 19 heavy (non-hydrogen) atoms. The zero-order valence-electron chi connectivity index (χ0n) is 11.0. The summed E-state index contributed by atoms with van der Waals surface area (Å²) in [7, 11) is 0. The molecule has 0 aromatic rings. The van der Waals surface area contributed by atoms with Gasteiger partial charge in [0.15, 0.2) is 0 Å². The molecule has 1 aliphatic rings.